The average molecular weight is 1060 g/mol. The summed E-state index contributed by atoms with van der Waals surface area (Å²) in [5.41, 5.74) is 4.79. The number of halogens is 2. The van der Waals surface area contributed by atoms with Crippen LogP contribution in [-0.4, -0.2) is 116 Å². The second-order valence-electron chi connectivity index (χ2n) is 16.3. The van der Waals surface area contributed by atoms with Crippen molar-refractivity contribution in [2.24, 2.45) is 0 Å². The molecule has 0 aliphatic carbocycles. The molecule has 3 N–H and O–H groups in total. The fourth-order valence-corrected chi connectivity index (χ4v) is 9.66. The van der Waals surface area contributed by atoms with E-state index in [-0.39, 0.29) is 100 Å². The maximum atomic E-state index is 13.3. The number of hydrogen-bond donors (Lipinski definition) is 3. The first-order valence-corrected chi connectivity index (χ1v) is 26.1. The fourth-order valence-electron chi connectivity index (χ4n) is 7.32. The van der Waals surface area contributed by atoms with Gasteiger partial charge in [0.05, 0.1) is 71.0 Å². The van der Waals surface area contributed by atoms with Gasteiger partial charge in [0.25, 0.3) is 11.8 Å². The van der Waals surface area contributed by atoms with Crippen molar-refractivity contribution in [2.45, 2.75) is 48.8 Å². The number of amides is 2. The molecular weight excluding hydrogens is 1000 g/mol. The number of fused-ring (bicyclic) bond motifs is 2. The largest absolute Gasteiger partial charge is 1.00 e. The Balaban J connectivity index is 0.000000290. The van der Waals surface area contributed by atoms with Crippen molar-refractivity contribution in [3.63, 3.8) is 0 Å². The van der Waals surface area contributed by atoms with Crippen LogP contribution in [-0.2, 0) is 47.0 Å². The minimum atomic E-state index is -3.73. The van der Waals surface area contributed by atoms with E-state index < -0.39 is 31.4 Å². The number of pyridine rings is 2. The Morgan fingerprint density at radius 2 is 1.09 bits per heavy atom. The van der Waals surface area contributed by atoms with Crippen LogP contribution in [0.1, 0.15) is 59.0 Å². The van der Waals surface area contributed by atoms with E-state index in [2.05, 4.69) is 35.5 Å². The number of methoxy groups -OCH3 is 1. The van der Waals surface area contributed by atoms with Gasteiger partial charge in [0.1, 0.15) is 11.6 Å². The van der Waals surface area contributed by atoms with Crippen LogP contribution in [0, 0.1) is 11.6 Å². The minimum Gasteiger partial charge on any atom is -1.00 e. The molecule has 1 fully saturated rings. The van der Waals surface area contributed by atoms with Gasteiger partial charge in [-0.2, -0.15) is 10.2 Å². The van der Waals surface area contributed by atoms with Crippen molar-refractivity contribution in [2.75, 3.05) is 38.4 Å². The van der Waals surface area contributed by atoms with E-state index in [1.54, 1.807) is 82.4 Å². The number of sulfone groups is 2. The van der Waals surface area contributed by atoms with E-state index in [4.69, 9.17) is 9.84 Å². The summed E-state index contributed by atoms with van der Waals surface area (Å²) in [5.74, 6) is -2.57. The number of aliphatic hydroxyl groups excluding tert-OH is 1. The molecule has 0 atom stereocenters. The standard InChI is InChI=1S/C24H21FN4O5S.C23H21FN4O4S.C4H8O.B.Li.H/c1-34-23(30)11-12-35(32,33)22-10-5-16(13-26-22)14-27-24(31)19-3-2-4-21-20(19)15-28-29(21)18-8-6-17(25)7-9-18;24-17-6-8-18(9-7-17)28-21-4-1-3-19(20(21)15-27-28)23(30)26-14-16-5-10-22(25-13-16)33(31,32)12-2-11-29;1-2-4-5-3-1;;;/h2-10,13,15H,11-12,14H2,1H3,(H,27,31);1,3-10,13,15,29H,2,11-12,14H2,(H,26,30);1-4H2;;;/q;;;;+1;-1. The summed E-state index contributed by atoms with van der Waals surface area (Å²) in [5, 5.41) is 24.2. The predicted molar refractivity (Wildman–Crippen MR) is 272 cm³/mol. The first kappa shape index (κ1) is 58.8. The van der Waals surface area contributed by atoms with Crippen LogP contribution < -0.4 is 29.5 Å². The summed E-state index contributed by atoms with van der Waals surface area (Å²) in [7, 11) is -6.09. The number of benzene rings is 4. The summed E-state index contributed by atoms with van der Waals surface area (Å²) in [6, 6.07) is 28.1. The summed E-state index contributed by atoms with van der Waals surface area (Å²) >= 11 is 0. The van der Waals surface area contributed by atoms with Crippen molar-refractivity contribution in [1.29, 1.82) is 0 Å². The van der Waals surface area contributed by atoms with Gasteiger partial charge < -0.3 is 26.6 Å². The van der Waals surface area contributed by atoms with Gasteiger partial charge in [0, 0.05) is 64.5 Å². The van der Waals surface area contributed by atoms with Crippen LogP contribution in [0.25, 0.3) is 33.2 Å². The zero-order valence-electron chi connectivity index (χ0n) is 41.9. The molecule has 385 valence electrons. The Hall–Kier alpha value is -7.13. The molecule has 0 unspecified atom stereocenters. The first-order chi connectivity index (χ1) is 35.2. The van der Waals surface area contributed by atoms with E-state index in [9.17, 15) is 40.0 Å². The van der Waals surface area contributed by atoms with Crippen molar-refractivity contribution >= 4 is 67.7 Å². The summed E-state index contributed by atoms with van der Waals surface area (Å²) in [6.07, 6.45) is 8.36. The Kier molecular flexibility index (Phi) is 21.5. The number of carbonyl (C=O) groups excluding carboxylic acids is 3. The topological polar surface area (TPSA) is 244 Å². The van der Waals surface area contributed by atoms with E-state index in [1.807, 2.05) is 12.1 Å². The molecule has 75 heavy (non-hydrogen) atoms. The molecule has 0 saturated carbocycles. The normalized spacial score (nSPS) is 12.0. The number of nitrogens with one attached hydrogen (secondary N) is 2. The van der Waals surface area contributed by atoms with E-state index in [0.717, 1.165) is 13.2 Å². The van der Waals surface area contributed by atoms with Gasteiger partial charge >= 0.3 is 24.8 Å². The van der Waals surface area contributed by atoms with E-state index in [1.165, 1.54) is 68.7 Å². The van der Waals surface area contributed by atoms with Gasteiger partial charge in [-0.1, -0.05) is 24.3 Å². The van der Waals surface area contributed by atoms with Crippen LogP contribution in [0.5, 0.6) is 0 Å². The molecule has 8 aromatic rings. The quantitative estimate of drug-likeness (QED) is 0.0932. The Bertz CT molecular complexity index is 3420. The van der Waals surface area contributed by atoms with Crippen molar-refractivity contribution in [3.05, 3.63) is 168 Å². The monoisotopic (exact) mass is 1060 g/mol. The molecule has 2 amide bonds. The average Bonchev–Trinajstić information content (AvgIpc) is 4.23. The minimum absolute atomic E-state index is 0. The third-order valence-electron chi connectivity index (χ3n) is 11.2. The second-order valence-corrected chi connectivity index (χ2v) is 20.4. The maximum absolute atomic E-state index is 13.3. The number of ether oxygens (including phenoxy) is 2. The van der Waals surface area contributed by atoms with Gasteiger partial charge in [-0.3, -0.25) is 14.4 Å². The van der Waals surface area contributed by atoms with Gasteiger partial charge in [-0.15, -0.1) is 0 Å². The number of aliphatic hydroxyl groups is 1. The number of hydrogen-bond acceptors (Lipinski definition) is 14. The van der Waals surface area contributed by atoms with E-state index in [0.29, 0.717) is 55.4 Å². The molecule has 1 aliphatic heterocycles. The summed E-state index contributed by atoms with van der Waals surface area (Å²) in [4.78, 5) is 44.9. The molecule has 5 heterocycles. The predicted octanol–water partition coefficient (Wildman–Crippen LogP) is 3.00. The molecule has 1 saturated heterocycles. The molecule has 1 aliphatic rings. The fraction of sp³-hybridized carbons (Fsp3) is 0.235. The zero-order valence-corrected chi connectivity index (χ0v) is 42.6. The number of esters is 1. The third kappa shape index (κ3) is 15.5. The molecule has 18 nitrogen and oxygen atoms in total. The zero-order chi connectivity index (χ0) is 52.0. The molecule has 9 rings (SSSR count). The van der Waals surface area contributed by atoms with Crippen molar-refractivity contribution in [3.8, 4) is 11.4 Å². The Morgan fingerprint density at radius 3 is 1.47 bits per heavy atom. The van der Waals surface area contributed by atoms with Crippen LogP contribution in [0.2, 0.25) is 0 Å². The summed E-state index contributed by atoms with van der Waals surface area (Å²) < 4.78 is 88.0. The molecule has 0 spiro atoms. The second kappa shape index (κ2) is 27.4. The van der Waals surface area contributed by atoms with Crippen LogP contribution in [0.3, 0.4) is 0 Å². The molecule has 4 aromatic heterocycles. The third-order valence-corrected chi connectivity index (χ3v) is 14.5. The number of carbonyl (C=O) groups is 3. The molecule has 24 heteroatoms. The van der Waals surface area contributed by atoms with Gasteiger partial charge in [0.2, 0.25) is 0 Å². The molecular formula is C51H51BF2LiN8O10S2. The smallest absolute Gasteiger partial charge is 1.00 e. The van der Waals surface area contributed by atoms with Gasteiger partial charge in [-0.05, 0) is 115 Å². The maximum Gasteiger partial charge on any atom is 1.00 e. The number of rotatable bonds is 16. The SMILES string of the molecule is C1CCOC1.COC(=O)CCS(=O)(=O)c1ccc(CNC(=O)c2cccc3c2cnn3-c2ccc(F)cc2)cn1.O=C(NCc1ccc(S(=O)(=O)CCCO)nc1)c1cccc2c1cnn2-c1ccc(F)cc1.[B].[H-].[Li+]. The van der Waals surface area contributed by atoms with Crippen LogP contribution in [0.4, 0.5) is 8.78 Å². The molecule has 0 bridgehead atoms. The summed E-state index contributed by atoms with van der Waals surface area (Å²) in [6.45, 7) is 2.07. The number of nitrogens with zero attached hydrogens (tertiary/aromatic N) is 6. The van der Waals surface area contributed by atoms with Crippen LogP contribution >= 0.6 is 0 Å². The van der Waals surface area contributed by atoms with Crippen molar-refractivity contribution < 1.29 is 74.9 Å². The first-order valence-electron chi connectivity index (χ1n) is 22.8. The Labute approximate surface area is 447 Å². The van der Waals surface area contributed by atoms with E-state index >= 15 is 0 Å². The van der Waals surface area contributed by atoms with Gasteiger partial charge in [-0.25, -0.2) is 44.9 Å². The molecule has 3 radical (unpaired) electrons. The van der Waals surface area contributed by atoms with Gasteiger partial charge in [0.15, 0.2) is 29.7 Å². The van der Waals surface area contributed by atoms with Crippen molar-refractivity contribution in [1.82, 2.24) is 40.2 Å². The molecule has 4 aromatic carbocycles. The number of aromatic nitrogens is 6. The van der Waals surface area contributed by atoms with Crippen LogP contribution in [0.15, 0.2) is 144 Å². The Morgan fingerprint density at radius 1 is 0.653 bits per heavy atom.